The van der Waals surface area contributed by atoms with Gasteiger partial charge in [-0.05, 0) is 30.5 Å². The van der Waals surface area contributed by atoms with Crippen LogP contribution in [0.4, 0.5) is 5.82 Å². The fraction of sp³-hybridized carbons (Fsp3) is 0.455. The van der Waals surface area contributed by atoms with Gasteiger partial charge in [0.05, 0.1) is 19.8 Å². The average molecular weight is 509 g/mol. The van der Waals surface area contributed by atoms with E-state index in [-0.39, 0.29) is 24.0 Å². The van der Waals surface area contributed by atoms with Gasteiger partial charge in [-0.25, -0.2) is 9.98 Å². The van der Waals surface area contributed by atoms with Crippen LogP contribution < -0.4 is 15.5 Å². The standard InChI is InChI=1S/C22H31N5O.HI/c1-3-18-8-5-6-9-19(18)16-25-22(23-4-2)26-17-20-10-7-11-24-21(20)27-12-14-28-15-13-27;/h5-11H,3-4,12-17H2,1-2H3,(H2,23,25,26);1H. The Morgan fingerprint density at radius 3 is 2.48 bits per heavy atom. The molecule has 0 atom stereocenters. The molecule has 3 rings (SSSR count). The first-order valence-corrected chi connectivity index (χ1v) is 10.2. The summed E-state index contributed by atoms with van der Waals surface area (Å²) in [7, 11) is 0. The van der Waals surface area contributed by atoms with E-state index in [0.717, 1.165) is 63.2 Å². The summed E-state index contributed by atoms with van der Waals surface area (Å²) in [5.41, 5.74) is 3.81. The van der Waals surface area contributed by atoms with Gasteiger partial charge in [-0.2, -0.15) is 0 Å². The topological polar surface area (TPSA) is 61.8 Å². The lowest BCUT2D eigenvalue weighted by Gasteiger charge is -2.29. The van der Waals surface area contributed by atoms with E-state index >= 15 is 0 Å². The van der Waals surface area contributed by atoms with E-state index in [1.165, 1.54) is 11.1 Å². The Morgan fingerprint density at radius 1 is 1.03 bits per heavy atom. The van der Waals surface area contributed by atoms with Crippen LogP contribution in [-0.2, 0) is 24.2 Å². The lowest BCUT2D eigenvalue weighted by atomic mass is 10.1. The van der Waals surface area contributed by atoms with Crippen molar-refractivity contribution in [3.05, 3.63) is 59.3 Å². The second-order valence-corrected chi connectivity index (χ2v) is 6.76. The lowest BCUT2D eigenvalue weighted by Crippen LogP contribution is -2.38. The Morgan fingerprint density at radius 2 is 1.76 bits per heavy atom. The number of pyridine rings is 1. The molecule has 1 fully saturated rings. The number of hydrogen-bond acceptors (Lipinski definition) is 4. The molecule has 158 valence electrons. The minimum absolute atomic E-state index is 0. The van der Waals surface area contributed by atoms with E-state index in [4.69, 9.17) is 9.73 Å². The number of aryl methyl sites for hydroxylation is 1. The van der Waals surface area contributed by atoms with Crippen molar-refractivity contribution >= 4 is 35.8 Å². The van der Waals surface area contributed by atoms with Crippen molar-refractivity contribution < 1.29 is 4.74 Å². The second-order valence-electron chi connectivity index (χ2n) is 6.76. The van der Waals surface area contributed by atoms with Crippen LogP contribution >= 0.6 is 24.0 Å². The van der Waals surface area contributed by atoms with Gasteiger partial charge in [-0.15, -0.1) is 24.0 Å². The molecule has 2 heterocycles. The molecule has 0 unspecified atom stereocenters. The zero-order chi connectivity index (χ0) is 19.6. The van der Waals surface area contributed by atoms with Crippen LogP contribution in [0, 0.1) is 0 Å². The number of morpholine rings is 1. The third-order valence-corrected chi connectivity index (χ3v) is 4.88. The van der Waals surface area contributed by atoms with Gasteiger partial charge in [0.2, 0.25) is 0 Å². The van der Waals surface area contributed by atoms with E-state index in [1.807, 2.05) is 12.3 Å². The minimum atomic E-state index is 0. The molecule has 2 N–H and O–H groups in total. The van der Waals surface area contributed by atoms with Gasteiger partial charge in [0, 0.05) is 37.9 Å². The molecule has 1 aliphatic rings. The molecule has 1 aliphatic heterocycles. The predicted molar refractivity (Wildman–Crippen MR) is 130 cm³/mol. The minimum Gasteiger partial charge on any atom is -0.378 e. The predicted octanol–water partition coefficient (Wildman–Crippen LogP) is 3.35. The summed E-state index contributed by atoms with van der Waals surface area (Å²) in [6.07, 6.45) is 2.88. The number of halogens is 1. The summed E-state index contributed by atoms with van der Waals surface area (Å²) in [5, 5.41) is 6.81. The molecule has 0 spiro atoms. The quantitative estimate of drug-likeness (QED) is 0.341. The first-order chi connectivity index (χ1) is 13.8. The Kier molecular flexibility index (Phi) is 10.2. The molecule has 29 heavy (non-hydrogen) atoms. The Balaban J connectivity index is 0.00000300. The number of anilines is 1. The van der Waals surface area contributed by atoms with Gasteiger partial charge >= 0.3 is 0 Å². The highest BCUT2D eigenvalue weighted by atomic mass is 127. The van der Waals surface area contributed by atoms with Crippen LogP contribution in [0.15, 0.2) is 47.6 Å². The maximum absolute atomic E-state index is 5.47. The monoisotopic (exact) mass is 509 g/mol. The largest absolute Gasteiger partial charge is 0.378 e. The Labute approximate surface area is 191 Å². The average Bonchev–Trinajstić information content (AvgIpc) is 2.76. The third kappa shape index (κ3) is 6.85. The molecular formula is C22H32IN5O. The summed E-state index contributed by atoms with van der Waals surface area (Å²) in [5.74, 6) is 1.84. The van der Waals surface area contributed by atoms with Gasteiger partial charge < -0.3 is 20.3 Å². The molecule has 1 aromatic heterocycles. The molecule has 7 heteroatoms. The molecule has 2 aromatic rings. The van der Waals surface area contributed by atoms with Gasteiger partial charge in [-0.1, -0.05) is 37.3 Å². The third-order valence-electron chi connectivity index (χ3n) is 4.88. The molecule has 6 nitrogen and oxygen atoms in total. The van der Waals surface area contributed by atoms with Gasteiger partial charge in [0.15, 0.2) is 5.96 Å². The summed E-state index contributed by atoms with van der Waals surface area (Å²) < 4.78 is 5.47. The lowest BCUT2D eigenvalue weighted by molar-refractivity contribution is 0.122. The first kappa shape index (κ1) is 23.4. The highest BCUT2D eigenvalue weighted by Gasteiger charge is 2.15. The molecule has 1 saturated heterocycles. The molecule has 0 amide bonds. The van der Waals surface area contributed by atoms with E-state index in [1.54, 1.807) is 0 Å². The number of nitrogens with zero attached hydrogens (tertiary/aromatic N) is 3. The molecular weight excluding hydrogens is 477 g/mol. The highest BCUT2D eigenvalue weighted by Crippen LogP contribution is 2.19. The van der Waals surface area contributed by atoms with Crippen molar-refractivity contribution in [3.63, 3.8) is 0 Å². The summed E-state index contributed by atoms with van der Waals surface area (Å²) in [6.45, 7) is 9.70. The number of hydrogen-bond donors (Lipinski definition) is 2. The number of nitrogens with one attached hydrogen (secondary N) is 2. The van der Waals surface area contributed by atoms with E-state index in [9.17, 15) is 0 Å². The zero-order valence-electron chi connectivity index (χ0n) is 17.4. The highest BCUT2D eigenvalue weighted by molar-refractivity contribution is 14.0. The number of benzene rings is 1. The van der Waals surface area contributed by atoms with Crippen LogP contribution in [0.5, 0.6) is 0 Å². The number of rotatable bonds is 7. The van der Waals surface area contributed by atoms with Crippen LogP contribution in [0.25, 0.3) is 0 Å². The van der Waals surface area contributed by atoms with E-state index in [2.05, 4.69) is 64.7 Å². The number of aliphatic imine (C=N–C) groups is 1. The van der Waals surface area contributed by atoms with Crippen LogP contribution in [0.2, 0.25) is 0 Å². The fourth-order valence-corrected chi connectivity index (χ4v) is 3.37. The smallest absolute Gasteiger partial charge is 0.191 e. The summed E-state index contributed by atoms with van der Waals surface area (Å²) in [6, 6.07) is 12.6. The maximum Gasteiger partial charge on any atom is 0.191 e. The van der Waals surface area contributed by atoms with Crippen molar-refractivity contribution in [2.75, 3.05) is 37.7 Å². The summed E-state index contributed by atoms with van der Waals surface area (Å²) in [4.78, 5) is 11.7. The van der Waals surface area contributed by atoms with E-state index < -0.39 is 0 Å². The number of ether oxygens (including phenoxy) is 1. The van der Waals surface area contributed by atoms with Gasteiger partial charge in [0.25, 0.3) is 0 Å². The second kappa shape index (κ2) is 12.6. The Hall–Kier alpha value is -1.87. The molecule has 1 aromatic carbocycles. The van der Waals surface area contributed by atoms with Crippen molar-refractivity contribution in [2.45, 2.75) is 33.4 Å². The van der Waals surface area contributed by atoms with Crippen molar-refractivity contribution in [1.82, 2.24) is 15.6 Å². The molecule has 0 bridgehead atoms. The molecule has 0 saturated carbocycles. The first-order valence-electron chi connectivity index (χ1n) is 10.2. The van der Waals surface area contributed by atoms with Gasteiger partial charge in [-0.3, -0.25) is 0 Å². The van der Waals surface area contributed by atoms with Crippen LogP contribution in [0.3, 0.4) is 0 Å². The SMILES string of the molecule is CCNC(=NCc1cccnc1N1CCOCC1)NCc1ccccc1CC.I. The summed E-state index contributed by atoms with van der Waals surface area (Å²) >= 11 is 0. The molecule has 0 radical (unpaired) electrons. The van der Waals surface area contributed by atoms with Crippen molar-refractivity contribution in [2.24, 2.45) is 4.99 Å². The number of guanidine groups is 1. The normalized spacial score (nSPS) is 14.3. The molecule has 0 aliphatic carbocycles. The zero-order valence-corrected chi connectivity index (χ0v) is 19.7. The van der Waals surface area contributed by atoms with Crippen molar-refractivity contribution in [3.8, 4) is 0 Å². The van der Waals surface area contributed by atoms with Crippen LogP contribution in [-0.4, -0.2) is 43.8 Å². The van der Waals surface area contributed by atoms with Crippen LogP contribution in [0.1, 0.15) is 30.5 Å². The Bertz CT molecular complexity index is 777. The maximum atomic E-state index is 5.47. The number of aromatic nitrogens is 1. The fourth-order valence-electron chi connectivity index (χ4n) is 3.37. The van der Waals surface area contributed by atoms with E-state index in [0.29, 0.717) is 6.54 Å². The van der Waals surface area contributed by atoms with Gasteiger partial charge in [0.1, 0.15) is 5.82 Å². The van der Waals surface area contributed by atoms with Crippen molar-refractivity contribution in [1.29, 1.82) is 0 Å².